The minimum absolute atomic E-state index is 0.0579. The predicted molar refractivity (Wildman–Crippen MR) is 109 cm³/mol. The van der Waals surface area contributed by atoms with Crippen LogP contribution in [0.5, 0.6) is 5.75 Å². The largest absolute Gasteiger partial charge is 0.507 e. The number of thiophene rings is 1. The molecule has 2 aromatic rings. The average molecular weight is 386 g/mol. The first kappa shape index (κ1) is 18.5. The van der Waals surface area contributed by atoms with E-state index in [-0.39, 0.29) is 11.9 Å². The lowest BCUT2D eigenvalue weighted by Gasteiger charge is -2.23. The van der Waals surface area contributed by atoms with Crippen molar-refractivity contribution in [1.29, 1.82) is 0 Å². The fourth-order valence-corrected chi connectivity index (χ4v) is 5.28. The number of phenolic OH excluding ortho intramolecular Hbond substituents is 1. The molecule has 5 nitrogen and oxygen atoms in total. The topological polar surface area (TPSA) is 78.6 Å². The maximum Gasteiger partial charge on any atom is 0.264 e. The molecule has 3 heterocycles. The van der Waals surface area contributed by atoms with Crippen molar-refractivity contribution in [3.63, 3.8) is 0 Å². The van der Waals surface area contributed by atoms with Gasteiger partial charge < -0.3 is 21.1 Å². The lowest BCUT2D eigenvalue weighted by molar-refractivity contribution is 0.0795. The van der Waals surface area contributed by atoms with Crippen LogP contribution in [0, 0.1) is 6.92 Å². The van der Waals surface area contributed by atoms with Crippen LogP contribution in [0.4, 0.5) is 0 Å². The highest BCUT2D eigenvalue weighted by Crippen LogP contribution is 2.39. The minimum atomic E-state index is 0.0579. The van der Waals surface area contributed by atoms with Gasteiger partial charge in [0.15, 0.2) is 0 Å². The zero-order valence-corrected chi connectivity index (χ0v) is 16.5. The Morgan fingerprint density at radius 1 is 1.26 bits per heavy atom. The van der Waals surface area contributed by atoms with Crippen LogP contribution in [0.25, 0.3) is 10.4 Å². The molecule has 0 radical (unpaired) electrons. The van der Waals surface area contributed by atoms with Crippen molar-refractivity contribution in [3.05, 3.63) is 40.3 Å². The highest BCUT2D eigenvalue weighted by atomic mass is 32.1. The summed E-state index contributed by atoms with van der Waals surface area (Å²) in [6, 6.07) is 8.12. The molecular formula is C21H27N3O2S. The maximum atomic E-state index is 12.8. The third-order valence-electron chi connectivity index (χ3n) is 5.72. The molecule has 0 saturated carbocycles. The van der Waals surface area contributed by atoms with E-state index in [4.69, 9.17) is 5.73 Å². The van der Waals surface area contributed by atoms with Gasteiger partial charge >= 0.3 is 0 Å². The molecular weight excluding hydrogens is 358 g/mol. The van der Waals surface area contributed by atoms with Gasteiger partial charge in [0, 0.05) is 29.6 Å². The first-order chi connectivity index (χ1) is 13.0. The summed E-state index contributed by atoms with van der Waals surface area (Å²) in [5, 5.41) is 14.0. The number of amides is 1. The average Bonchev–Trinajstić information content (AvgIpc) is 3.27. The number of hydrogen-bond acceptors (Lipinski definition) is 5. The Morgan fingerprint density at radius 2 is 2.04 bits per heavy atom. The van der Waals surface area contributed by atoms with E-state index in [2.05, 4.69) is 11.4 Å². The number of aromatic hydroxyl groups is 1. The molecule has 6 heteroatoms. The van der Waals surface area contributed by atoms with Gasteiger partial charge in [-0.1, -0.05) is 6.07 Å². The number of piperidine rings is 1. The van der Waals surface area contributed by atoms with Gasteiger partial charge in [0.25, 0.3) is 5.91 Å². The van der Waals surface area contributed by atoms with Crippen molar-refractivity contribution in [2.45, 2.75) is 38.1 Å². The van der Waals surface area contributed by atoms with Crippen molar-refractivity contribution in [2.75, 3.05) is 26.2 Å². The van der Waals surface area contributed by atoms with Crippen LogP contribution in [0.3, 0.4) is 0 Å². The highest BCUT2D eigenvalue weighted by molar-refractivity contribution is 7.17. The Bertz CT molecular complexity index is 842. The molecule has 144 valence electrons. The number of aryl methyl sites for hydroxylation is 1. The summed E-state index contributed by atoms with van der Waals surface area (Å²) in [5.74, 6) is 0.866. The minimum Gasteiger partial charge on any atom is -0.507 e. The summed E-state index contributed by atoms with van der Waals surface area (Å²) in [5.41, 5.74) is 8.91. The molecule has 4 N–H and O–H groups in total. The standard InChI is InChI=1S/C21H27N3O2S/c1-13-10-19(27-20(13)21(26)24-9-6-16(22)12-24)17-3-2-15(11-18(17)25)14-4-7-23-8-5-14/h2-3,10-11,14,16,23,25H,4-9,12,22H2,1H3/t16-/m0/s1. The number of phenols is 1. The molecule has 0 aliphatic carbocycles. The van der Waals surface area contributed by atoms with Gasteiger partial charge in [0.1, 0.15) is 5.75 Å². The van der Waals surface area contributed by atoms with E-state index in [1.54, 1.807) is 0 Å². The molecule has 0 unspecified atom stereocenters. The van der Waals surface area contributed by atoms with E-state index in [1.807, 2.05) is 30.0 Å². The highest BCUT2D eigenvalue weighted by Gasteiger charge is 2.27. The van der Waals surface area contributed by atoms with Crippen molar-refractivity contribution in [3.8, 4) is 16.2 Å². The number of carbonyl (C=O) groups excluding carboxylic acids is 1. The Morgan fingerprint density at radius 3 is 2.70 bits per heavy atom. The Kier molecular flexibility index (Phi) is 5.21. The third kappa shape index (κ3) is 3.74. The number of nitrogens with zero attached hydrogens (tertiary/aromatic N) is 1. The third-order valence-corrected chi connectivity index (χ3v) is 6.98. The normalized spacial score (nSPS) is 21.0. The second-order valence-corrected chi connectivity index (χ2v) is 8.78. The lowest BCUT2D eigenvalue weighted by atomic mass is 9.89. The smallest absolute Gasteiger partial charge is 0.264 e. The molecule has 27 heavy (non-hydrogen) atoms. The first-order valence-corrected chi connectivity index (χ1v) is 10.5. The summed E-state index contributed by atoms with van der Waals surface area (Å²) in [6.07, 6.45) is 3.07. The van der Waals surface area contributed by atoms with Gasteiger partial charge in [-0.05, 0) is 74.5 Å². The van der Waals surface area contributed by atoms with E-state index in [0.717, 1.165) is 59.8 Å². The number of nitrogens with two attached hydrogens (primary N) is 1. The fourth-order valence-electron chi connectivity index (χ4n) is 4.11. The molecule has 2 saturated heterocycles. The number of benzene rings is 1. The summed E-state index contributed by atoms with van der Waals surface area (Å²) < 4.78 is 0. The zero-order valence-electron chi connectivity index (χ0n) is 15.7. The van der Waals surface area contributed by atoms with E-state index in [1.165, 1.54) is 16.9 Å². The van der Waals surface area contributed by atoms with E-state index in [0.29, 0.717) is 18.2 Å². The van der Waals surface area contributed by atoms with Crippen LogP contribution < -0.4 is 11.1 Å². The quantitative estimate of drug-likeness (QED) is 0.759. The second kappa shape index (κ2) is 7.62. The monoisotopic (exact) mass is 385 g/mol. The Hall–Kier alpha value is -1.89. The van der Waals surface area contributed by atoms with Gasteiger partial charge in [-0.25, -0.2) is 0 Å². The molecule has 1 aromatic heterocycles. The summed E-state index contributed by atoms with van der Waals surface area (Å²) in [4.78, 5) is 16.3. The van der Waals surface area contributed by atoms with Crippen LogP contribution in [0.15, 0.2) is 24.3 Å². The Labute approximate surface area is 164 Å². The van der Waals surface area contributed by atoms with Crippen LogP contribution in [-0.4, -0.2) is 48.1 Å². The molecule has 1 aromatic carbocycles. The summed E-state index contributed by atoms with van der Waals surface area (Å²) in [6.45, 7) is 5.38. The number of rotatable bonds is 3. The van der Waals surface area contributed by atoms with Crippen LogP contribution >= 0.6 is 11.3 Å². The van der Waals surface area contributed by atoms with Crippen molar-refractivity contribution >= 4 is 17.2 Å². The summed E-state index contributed by atoms with van der Waals surface area (Å²) in [7, 11) is 0. The van der Waals surface area contributed by atoms with Crippen molar-refractivity contribution in [1.82, 2.24) is 10.2 Å². The van der Waals surface area contributed by atoms with Crippen molar-refractivity contribution in [2.24, 2.45) is 5.73 Å². The number of carbonyl (C=O) groups is 1. The second-order valence-electron chi connectivity index (χ2n) is 7.72. The molecule has 2 fully saturated rings. The van der Waals surface area contributed by atoms with Gasteiger partial charge in [-0.2, -0.15) is 0 Å². The molecule has 1 amide bonds. The Balaban J connectivity index is 1.57. The first-order valence-electron chi connectivity index (χ1n) is 9.72. The van der Waals surface area contributed by atoms with Gasteiger partial charge in [-0.15, -0.1) is 11.3 Å². The molecule has 4 rings (SSSR count). The van der Waals surface area contributed by atoms with Gasteiger partial charge in [0.2, 0.25) is 0 Å². The van der Waals surface area contributed by atoms with E-state index < -0.39 is 0 Å². The van der Waals surface area contributed by atoms with Crippen LogP contribution in [0.1, 0.15) is 46.0 Å². The van der Waals surface area contributed by atoms with E-state index in [9.17, 15) is 9.90 Å². The zero-order chi connectivity index (χ0) is 19.0. The van der Waals surface area contributed by atoms with Crippen LogP contribution in [-0.2, 0) is 0 Å². The predicted octanol–water partition coefficient (Wildman–Crippen LogP) is 3.07. The van der Waals surface area contributed by atoms with Crippen molar-refractivity contribution < 1.29 is 9.90 Å². The molecule has 2 aliphatic heterocycles. The lowest BCUT2D eigenvalue weighted by Crippen LogP contribution is -2.31. The molecule has 0 spiro atoms. The molecule has 2 aliphatic rings. The molecule has 1 atom stereocenters. The van der Waals surface area contributed by atoms with Gasteiger partial charge in [-0.3, -0.25) is 4.79 Å². The fraction of sp³-hybridized carbons (Fsp3) is 0.476. The van der Waals surface area contributed by atoms with Gasteiger partial charge in [0.05, 0.1) is 4.88 Å². The number of nitrogens with one attached hydrogen (secondary N) is 1. The molecule has 0 bridgehead atoms. The van der Waals surface area contributed by atoms with Crippen LogP contribution in [0.2, 0.25) is 0 Å². The summed E-state index contributed by atoms with van der Waals surface area (Å²) >= 11 is 1.46. The van der Waals surface area contributed by atoms with E-state index >= 15 is 0 Å². The number of hydrogen-bond donors (Lipinski definition) is 3. The SMILES string of the molecule is Cc1cc(-c2ccc(C3CCNCC3)cc2O)sc1C(=O)N1CC[C@H](N)C1. The number of likely N-dealkylation sites (tertiary alicyclic amines) is 1. The maximum absolute atomic E-state index is 12.8.